The Morgan fingerprint density at radius 3 is 2.73 bits per heavy atom. The average molecular weight is 466 g/mol. The molecule has 1 aliphatic heterocycles. The summed E-state index contributed by atoms with van der Waals surface area (Å²) in [6, 6.07) is 0. The van der Waals surface area contributed by atoms with E-state index in [1.165, 1.54) is 31.3 Å². The molecule has 4 nitrogen and oxygen atoms in total. The molecule has 1 heterocycles. The molecule has 4 rings (SSSR count). The average Bonchev–Trinajstić information content (AvgIpc) is 3.08. The summed E-state index contributed by atoms with van der Waals surface area (Å²) >= 11 is 0. The number of alkyl halides is 2. The number of fused-ring (bicyclic) bond motifs is 1. The van der Waals surface area contributed by atoms with Crippen molar-refractivity contribution in [1.82, 2.24) is 4.90 Å². The summed E-state index contributed by atoms with van der Waals surface area (Å²) in [6.45, 7) is 11.0. The molecule has 6 heteroatoms. The molecule has 3 saturated carbocycles. The number of aliphatic hydroxyl groups is 2. The van der Waals surface area contributed by atoms with Gasteiger partial charge in [-0.2, -0.15) is 0 Å². The fourth-order valence-corrected chi connectivity index (χ4v) is 7.20. The topological polar surface area (TPSA) is 52.9 Å². The number of nitrogens with zero attached hydrogens (tertiary/aromatic N) is 1. The highest BCUT2D eigenvalue weighted by molar-refractivity contribution is 5.38. The lowest BCUT2D eigenvalue weighted by Crippen LogP contribution is -2.54. The minimum absolute atomic E-state index is 0.0399. The molecule has 1 saturated heterocycles. The Labute approximate surface area is 197 Å². The van der Waals surface area contributed by atoms with Crippen LogP contribution in [-0.4, -0.2) is 66.1 Å². The number of allylic oxidation sites excluding steroid dienone is 3. The second-order valence-corrected chi connectivity index (χ2v) is 11.2. The molecule has 0 bridgehead atoms. The van der Waals surface area contributed by atoms with E-state index in [2.05, 4.69) is 37.5 Å². The normalized spacial score (nSPS) is 39.3. The standard InChI is InChI=1S/C27H41F2NO3/c1-17(13-30-14-22(15-30)33-16-26(28)29)23-8-9-24-19(5-4-10-27(23,24)3)6-7-20-11-21(31)12-25(32)18(20)2/h6-7,17,21-26,31-32H,2,4-5,8-16H2,1,3H3/b19-6+,20-7-/t17?,21-,23-,24+,25-,27-/m1/s1. The summed E-state index contributed by atoms with van der Waals surface area (Å²) in [6.07, 6.45) is 7.78. The van der Waals surface area contributed by atoms with E-state index in [1.54, 1.807) is 0 Å². The molecule has 4 fully saturated rings. The van der Waals surface area contributed by atoms with Crippen LogP contribution in [0.15, 0.2) is 35.5 Å². The smallest absolute Gasteiger partial charge is 0.261 e. The van der Waals surface area contributed by atoms with Crippen molar-refractivity contribution in [1.29, 1.82) is 0 Å². The summed E-state index contributed by atoms with van der Waals surface area (Å²) in [5.41, 5.74) is 3.53. The SMILES string of the molecule is C=C1/C(=C\C=C2/CCC[C@]3(C)[C@@H](C(C)CN4CC(OCC(F)F)C4)CC[C@@H]23)C[C@@H](O)C[C@H]1O. The third-order valence-electron chi connectivity index (χ3n) is 8.92. The molecule has 0 radical (unpaired) electrons. The van der Waals surface area contributed by atoms with Crippen LogP contribution in [0.5, 0.6) is 0 Å². The second kappa shape index (κ2) is 10.3. The first kappa shape index (κ1) is 25.0. The van der Waals surface area contributed by atoms with E-state index in [0.717, 1.165) is 37.2 Å². The maximum absolute atomic E-state index is 12.3. The largest absolute Gasteiger partial charge is 0.393 e. The molecule has 6 atom stereocenters. The number of hydrogen-bond acceptors (Lipinski definition) is 4. The first-order chi connectivity index (χ1) is 15.7. The summed E-state index contributed by atoms with van der Waals surface area (Å²) in [4.78, 5) is 2.35. The summed E-state index contributed by atoms with van der Waals surface area (Å²) in [5.74, 6) is 1.81. The number of hydrogen-bond donors (Lipinski definition) is 2. The van der Waals surface area contributed by atoms with Crippen LogP contribution in [0.1, 0.15) is 58.8 Å². The fourth-order valence-electron chi connectivity index (χ4n) is 7.20. The molecule has 0 aromatic carbocycles. The number of halogens is 2. The van der Waals surface area contributed by atoms with Crippen molar-refractivity contribution in [2.75, 3.05) is 26.2 Å². The van der Waals surface area contributed by atoms with Crippen molar-refractivity contribution in [3.05, 3.63) is 35.5 Å². The van der Waals surface area contributed by atoms with Crippen LogP contribution in [0, 0.1) is 23.2 Å². The van der Waals surface area contributed by atoms with Gasteiger partial charge in [-0.05, 0) is 72.8 Å². The lowest BCUT2D eigenvalue weighted by atomic mass is 9.61. The Morgan fingerprint density at radius 1 is 1.24 bits per heavy atom. The molecule has 186 valence electrons. The van der Waals surface area contributed by atoms with Gasteiger partial charge in [-0.25, -0.2) is 8.78 Å². The van der Waals surface area contributed by atoms with Crippen molar-refractivity contribution in [2.24, 2.45) is 23.2 Å². The summed E-state index contributed by atoms with van der Waals surface area (Å²) in [5, 5.41) is 20.2. The van der Waals surface area contributed by atoms with Gasteiger partial charge in [0.25, 0.3) is 6.43 Å². The maximum Gasteiger partial charge on any atom is 0.261 e. The Kier molecular flexibility index (Phi) is 7.79. The van der Waals surface area contributed by atoms with Crippen LogP contribution in [0.3, 0.4) is 0 Å². The van der Waals surface area contributed by atoms with Crippen molar-refractivity contribution in [3.8, 4) is 0 Å². The zero-order valence-electron chi connectivity index (χ0n) is 20.2. The first-order valence-corrected chi connectivity index (χ1v) is 12.7. The minimum atomic E-state index is -2.39. The van der Waals surface area contributed by atoms with Gasteiger partial charge in [-0.1, -0.05) is 38.2 Å². The van der Waals surface area contributed by atoms with Crippen LogP contribution in [0.25, 0.3) is 0 Å². The number of aliphatic hydroxyl groups excluding tert-OH is 2. The van der Waals surface area contributed by atoms with Crippen LogP contribution in [0.4, 0.5) is 8.78 Å². The first-order valence-electron chi connectivity index (χ1n) is 12.7. The van der Waals surface area contributed by atoms with Gasteiger partial charge in [0.15, 0.2) is 0 Å². The van der Waals surface area contributed by atoms with E-state index in [0.29, 0.717) is 36.0 Å². The predicted octanol–water partition coefficient (Wildman–Crippen LogP) is 4.73. The lowest BCUT2D eigenvalue weighted by Gasteiger charge is -2.47. The molecule has 3 aliphatic carbocycles. The molecule has 0 aromatic heterocycles. The molecular formula is C27H41F2NO3. The van der Waals surface area contributed by atoms with Gasteiger partial charge in [-0.3, -0.25) is 4.90 Å². The molecule has 1 unspecified atom stereocenters. The monoisotopic (exact) mass is 465 g/mol. The highest BCUT2D eigenvalue weighted by atomic mass is 19.3. The molecule has 0 amide bonds. The molecule has 4 aliphatic rings. The minimum Gasteiger partial charge on any atom is -0.393 e. The quantitative estimate of drug-likeness (QED) is 0.571. The van der Waals surface area contributed by atoms with Gasteiger partial charge in [0.1, 0.15) is 6.61 Å². The molecule has 33 heavy (non-hydrogen) atoms. The van der Waals surface area contributed by atoms with E-state index in [9.17, 15) is 19.0 Å². The Balaban J connectivity index is 1.37. The van der Waals surface area contributed by atoms with E-state index < -0.39 is 25.2 Å². The van der Waals surface area contributed by atoms with Crippen LogP contribution in [0.2, 0.25) is 0 Å². The molecule has 0 spiro atoms. The highest BCUT2D eigenvalue weighted by Gasteiger charge is 2.51. The number of likely N-dealkylation sites (tertiary alicyclic amines) is 1. The van der Waals surface area contributed by atoms with Crippen LogP contribution < -0.4 is 0 Å². The molecule has 0 aromatic rings. The number of rotatable bonds is 7. The highest BCUT2D eigenvalue weighted by Crippen LogP contribution is 2.59. The summed E-state index contributed by atoms with van der Waals surface area (Å²) in [7, 11) is 0. The number of ether oxygens (including phenoxy) is 1. The summed E-state index contributed by atoms with van der Waals surface area (Å²) < 4.78 is 29.9. The van der Waals surface area contributed by atoms with Gasteiger partial charge >= 0.3 is 0 Å². The lowest BCUT2D eigenvalue weighted by molar-refractivity contribution is -0.0942. The zero-order chi connectivity index (χ0) is 23.8. The third kappa shape index (κ3) is 5.44. The van der Waals surface area contributed by atoms with E-state index in [1.807, 2.05) is 0 Å². The molecule has 2 N–H and O–H groups in total. The second-order valence-electron chi connectivity index (χ2n) is 11.2. The van der Waals surface area contributed by atoms with E-state index in [-0.39, 0.29) is 6.10 Å². The maximum atomic E-state index is 12.3. The van der Waals surface area contributed by atoms with Gasteiger partial charge in [0, 0.05) is 26.1 Å². The van der Waals surface area contributed by atoms with Crippen molar-refractivity contribution in [2.45, 2.75) is 83.5 Å². The Bertz CT molecular complexity index is 775. The van der Waals surface area contributed by atoms with Crippen LogP contribution >= 0.6 is 0 Å². The van der Waals surface area contributed by atoms with Gasteiger partial charge in [0.2, 0.25) is 0 Å². The fraction of sp³-hybridized carbons (Fsp3) is 0.778. The predicted molar refractivity (Wildman–Crippen MR) is 126 cm³/mol. The Hall–Kier alpha value is -1.08. The molecular weight excluding hydrogens is 424 g/mol. The van der Waals surface area contributed by atoms with E-state index >= 15 is 0 Å². The Morgan fingerprint density at radius 2 is 2.00 bits per heavy atom. The van der Waals surface area contributed by atoms with E-state index in [4.69, 9.17) is 4.74 Å². The third-order valence-corrected chi connectivity index (χ3v) is 8.92. The van der Waals surface area contributed by atoms with Gasteiger partial charge in [-0.15, -0.1) is 0 Å². The van der Waals surface area contributed by atoms with Crippen molar-refractivity contribution in [3.63, 3.8) is 0 Å². The van der Waals surface area contributed by atoms with Crippen LogP contribution in [-0.2, 0) is 4.74 Å². The van der Waals surface area contributed by atoms with Crippen molar-refractivity contribution < 1.29 is 23.7 Å². The van der Waals surface area contributed by atoms with Crippen molar-refractivity contribution >= 4 is 0 Å². The van der Waals surface area contributed by atoms with Gasteiger partial charge in [0.05, 0.1) is 18.3 Å². The zero-order valence-corrected chi connectivity index (χ0v) is 20.2. The van der Waals surface area contributed by atoms with Gasteiger partial charge < -0.3 is 14.9 Å².